The summed E-state index contributed by atoms with van der Waals surface area (Å²) in [6.45, 7) is 6.73. The van der Waals surface area contributed by atoms with Crippen molar-refractivity contribution in [2.45, 2.75) is 32.9 Å². The zero-order valence-electron chi connectivity index (χ0n) is 12.0. The Balaban J connectivity index is 2.95. The smallest absolute Gasteiger partial charge is 0.242 e. The second kappa shape index (κ2) is 6.35. The molecule has 102 valence electrons. The standard InChI is InChI=1S/C15H21N3O/c1-5-18(14(19)15(2,3)17-4)11-13-9-7-6-8-12(13)10-16/h6-9,17H,5,11H2,1-4H3. The fraction of sp³-hybridized carbons (Fsp3) is 0.467. The molecule has 4 heteroatoms. The molecule has 0 heterocycles. The van der Waals surface area contributed by atoms with Crippen molar-refractivity contribution in [3.05, 3.63) is 35.4 Å². The van der Waals surface area contributed by atoms with E-state index in [1.807, 2.05) is 39.0 Å². The zero-order valence-corrected chi connectivity index (χ0v) is 12.0. The molecule has 0 aliphatic carbocycles. The van der Waals surface area contributed by atoms with Crippen LogP contribution in [0.25, 0.3) is 0 Å². The average Bonchev–Trinajstić information content (AvgIpc) is 2.44. The quantitative estimate of drug-likeness (QED) is 0.878. The summed E-state index contributed by atoms with van der Waals surface area (Å²) >= 11 is 0. The predicted molar refractivity (Wildman–Crippen MR) is 75.4 cm³/mol. The first-order valence-corrected chi connectivity index (χ1v) is 6.42. The van der Waals surface area contributed by atoms with Crippen molar-refractivity contribution in [2.75, 3.05) is 13.6 Å². The Labute approximate surface area is 115 Å². The molecule has 0 saturated heterocycles. The monoisotopic (exact) mass is 259 g/mol. The van der Waals surface area contributed by atoms with E-state index in [-0.39, 0.29) is 5.91 Å². The summed E-state index contributed by atoms with van der Waals surface area (Å²) in [7, 11) is 1.77. The Kier molecular flexibility index (Phi) is 5.08. The van der Waals surface area contributed by atoms with Gasteiger partial charge in [-0.3, -0.25) is 4.79 Å². The van der Waals surface area contributed by atoms with Crippen molar-refractivity contribution >= 4 is 5.91 Å². The lowest BCUT2D eigenvalue weighted by atomic mass is 10.0. The molecule has 0 bridgehead atoms. The van der Waals surface area contributed by atoms with Gasteiger partial charge in [-0.1, -0.05) is 18.2 Å². The topological polar surface area (TPSA) is 56.1 Å². The molecule has 1 aromatic rings. The first-order chi connectivity index (χ1) is 8.96. The van der Waals surface area contributed by atoms with Crippen LogP contribution in [0.15, 0.2) is 24.3 Å². The molecule has 0 saturated carbocycles. The van der Waals surface area contributed by atoms with Crippen LogP contribution < -0.4 is 5.32 Å². The average molecular weight is 259 g/mol. The van der Waals surface area contributed by atoms with Gasteiger partial charge in [0, 0.05) is 13.1 Å². The van der Waals surface area contributed by atoms with Crippen LogP contribution in [0.1, 0.15) is 31.9 Å². The van der Waals surface area contributed by atoms with E-state index in [4.69, 9.17) is 5.26 Å². The number of rotatable bonds is 5. The molecule has 1 aromatic carbocycles. The van der Waals surface area contributed by atoms with E-state index >= 15 is 0 Å². The van der Waals surface area contributed by atoms with Crippen molar-refractivity contribution in [3.63, 3.8) is 0 Å². The Morgan fingerprint density at radius 1 is 1.42 bits per heavy atom. The summed E-state index contributed by atoms with van der Waals surface area (Å²) < 4.78 is 0. The third-order valence-electron chi connectivity index (χ3n) is 3.33. The molecule has 1 amide bonds. The van der Waals surface area contributed by atoms with Crippen molar-refractivity contribution in [1.29, 1.82) is 5.26 Å². The highest BCUT2D eigenvalue weighted by molar-refractivity contribution is 5.85. The van der Waals surface area contributed by atoms with Gasteiger partial charge in [0.2, 0.25) is 5.91 Å². The van der Waals surface area contributed by atoms with Gasteiger partial charge in [-0.15, -0.1) is 0 Å². The molecule has 1 N–H and O–H groups in total. The molecular formula is C15H21N3O. The maximum absolute atomic E-state index is 12.4. The Bertz CT molecular complexity index is 488. The van der Waals surface area contributed by atoms with Crippen LogP contribution in [0.4, 0.5) is 0 Å². The van der Waals surface area contributed by atoms with E-state index < -0.39 is 5.54 Å². The number of amides is 1. The molecule has 0 aromatic heterocycles. The van der Waals surface area contributed by atoms with Crippen molar-refractivity contribution < 1.29 is 4.79 Å². The SMILES string of the molecule is CCN(Cc1ccccc1C#N)C(=O)C(C)(C)NC. The van der Waals surface area contributed by atoms with Gasteiger partial charge in [-0.2, -0.15) is 5.26 Å². The molecule has 0 atom stereocenters. The second-order valence-corrected chi connectivity index (χ2v) is 4.96. The van der Waals surface area contributed by atoms with Gasteiger partial charge in [-0.05, 0) is 39.4 Å². The van der Waals surface area contributed by atoms with Crippen LogP contribution in [0.2, 0.25) is 0 Å². The molecule has 19 heavy (non-hydrogen) atoms. The summed E-state index contributed by atoms with van der Waals surface area (Å²) in [5.41, 5.74) is 0.903. The molecule has 0 spiro atoms. The lowest BCUT2D eigenvalue weighted by molar-refractivity contribution is -0.137. The van der Waals surface area contributed by atoms with E-state index in [0.29, 0.717) is 18.7 Å². The van der Waals surface area contributed by atoms with Gasteiger partial charge in [0.15, 0.2) is 0 Å². The molecule has 4 nitrogen and oxygen atoms in total. The van der Waals surface area contributed by atoms with E-state index in [9.17, 15) is 4.79 Å². The highest BCUT2D eigenvalue weighted by Gasteiger charge is 2.29. The molecule has 0 radical (unpaired) electrons. The van der Waals surface area contributed by atoms with Gasteiger partial charge in [-0.25, -0.2) is 0 Å². The molecule has 0 fully saturated rings. The number of hydrogen-bond acceptors (Lipinski definition) is 3. The van der Waals surface area contributed by atoms with Crippen LogP contribution in [0.5, 0.6) is 0 Å². The van der Waals surface area contributed by atoms with E-state index in [1.165, 1.54) is 0 Å². The fourth-order valence-electron chi connectivity index (χ4n) is 1.80. The number of nitriles is 1. The normalized spacial score (nSPS) is 10.9. The van der Waals surface area contributed by atoms with Crippen LogP contribution in [-0.4, -0.2) is 29.9 Å². The van der Waals surface area contributed by atoms with Crippen LogP contribution in [-0.2, 0) is 11.3 Å². The van der Waals surface area contributed by atoms with Crippen molar-refractivity contribution in [1.82, 2.24) is 10.2 Å². The number of carbonyl (C=O) groups is 1. The molecule has 0 aliphatic rings. The molecule has 1 rings (SSSR count). The second-order valence-electron chi connectivity index (χ2n) is 4.96. The number of hydrogen-bond donors (Lipinski definition) is 1. The minimum atomic E-state index is -0.600. The molecular weight excluding hydrogens is 238 g/mol. The van der Waals surface area contributed by atoms with Crippen LogP contribution >= 0.6 is 0 Å². The van der Waals surface area contributed by atoms with Gasteiger partial charge < -0.3 is 10.2 Å². The van der Waals surface area contributed by atoms with Crippen LogP contribution in [0.3, 0.4) is 0 Å². The maximum Gasteiger partial charge on any atom is 0.242 e. The Morgan fingerprint density at radius 3 is 2.58 bits per heavy atom. The van der Waals surface area contributed by atoms with Crippen molar-refractivity contribution in [3.8, 4) is 6.07 Å². The number of nitrogens with zero attached hydrogens (tertiary/aromatic N) is 2. The van der Waals surface area contributed by atoms with E-state index in [0.717, 1.165) is 5.56 Å². The highest BCUT2D eigenvalue weighted by Crippen LogP contribution is 2.14. The summed E-state index contributed by atoms with van der Waals surface area (Å²) in [6, 6.07) is 9.55. The minimum Gasteiger partial charge on any atom is -0.337 e. The third-order valence-corrected chi connectivity index (χ3v) is 3.33. The number of likely N-dealkylation sites (N-methyl/N-ethyl adjacent to an activating group) is 2. The van der Waals surface area contributed by atoms with Gasteiger partial charge >= 0.3 is 0 Å². The summed E-state index contributed by atoms with van der Waals surface area (Å²) in [6.07, 6.45) is 0. The highest BCUT2D eigenvalue weighted by atomic mass is 16.2. The number of benzene rings is 1. The van der Waals surface area contributed by atoms with Gasteiger partial charge in [0.25, 0.3) is 0 Å². The summed E-state index contributed by atoms with van der Waals surface area (Å²) in [4.78, 5) is 14.2. The first kappa shape index (κ1) is 15.2. The predicted octanol–water partition coefficient (Wildman–Crippen LogP) is 1.90. The molecule has 0 unspecified atom stereocenters. The fourth-order valence-corrected chi connectivity index (χ4v) is 1.80. The summed E-state index contributed by atoms with van der Waals surface area (Å²) in [5, 5.41) is 12.1. The minimum absolute atomic E-state index is 0.0326. The first-order valence-electron chi connectivity index (χ1n) is 6.42. The maximum atomic E-state index is 12.4. The lowest BCUT2D eigenvalue weighted by Gasteiger charge is -2.31. The lowest BCUT2D eigenvalue weighted by Crippen LogP contribution is -2.52. The van der Waals surface area contributed by atoms with E-state index in [2.05, 4.69) is 11.4 Å². The largest absolute Gasteiger partial charge is 0.337 e. The Hall–Kier alpha value is -1.86. The third kappa shape index (κ3) is 3.55. The zero-order chi connectivity index (χ0) is 14.5. The summed E-state index contributed by atoms with van der Waals surface area (Å²) in [5.74, 6) is 0.0326. The van der Waals surface area contributed by atoms with E-state index in [1.54, 1.807) is 18.0 Å². The van der Waals surface area contributed by atoms with Crippen molar-refractivity contribution in [2.24, 2.45) is 0 Å². The number of nitrogens with one attached hydrogen (secondary N) is 1. The van der Waals surface area contributed by atoms with Gasteiger partial charge in [0.05, 0.1) is 17.2 Å². The van der Waals surface area contributed by atoms with Crippen LogP contribution in [0, 0.1) is 11.3 Å². The Morgan fingerprint density at radius 2 is 2.05 bits per heavy atom. The molecule has 0 aliphatic heterocycles. The van der Waals surface area contributed by atoms with Gasteiger partial charge in [0.1, 0.15) is 0 Å². The number of carbonyl (C=O) groups excluding carboxylic acids is 1.